The molecule has 154 valence electrons. The third-order valence-corrected chi connectivity index (χ3v) is 5.94. The van der Waals surface area contributed by atoms with Gasteiger partial charge in [0.2, 0.25) is 0 Å². The molecule has 4 aromatic rings. The number of hydrogen-bond donors (Lipinski definition) is 1. The van der Waals surface area contributed by atoms with Gasteiger partial charge in [-0.2, -0.15) is 0 Å². The average molecular weight is 430 g/mol. The predicted octanol–water partition coefficient (Wildman–Crippen LogP) is 7.34. The molecule has 0 unspecified atom stereocenters. The molecule has 7 heteroatoms. The van der Waals surface area contributed by atoms with Crippen LogP contribution in [0.25, 0.3) is 44.1 Å². The number of nitrogens with one attached hydrogen (secondary N) is 1. The zero-order valence-corrected chi connectivity index (χ0v) is 17.5. The van der Waals surface area contributed by atoms with Crippen LogP contribution < -0.4 is 0 Å². The number of hydrogen-bond acceptors (Lipinski definition) is 3. The highest BCUT2D eigenvalue weighted by Gasteiger charge is 2.13. The summed E-state index contributed by atoms with van der Waals surface area (Å²) in [5.74, 6) is 0.649. The van der Waals surface area contributed by atoms with Crippen LogP contribution in [0, 0.1) is 5.82 Å². The van der Waals surface area contributed by atoms with Gasteiger partial charge >= 0.3 is 0 Å². The van der Waals surface area contributed by atoms with Crippen LogP contribution in [0.3, 0.4) is 0 Å². The van der Waals surface area contributed by atoms with Crippen LogP contribution in [0.2, 0.25) is 0 Å². The Kier molecular flexibility index (Phi) is 6.67. The van der Waals surface area contributed by atoms with Crippen LogP contribution >= 0.6 is 11.8 Å². The highest BCUT2D eigenvalue weighted by molar-refractivity contribution is 7.99. The number of pyridine rings is 1. The van der Waals surface area contributed by atoms with Gasteiger partial charge in [0.25, 0.3) is 0 Å². The first-order chi connectivity index (χ1) is 15.2. The smallest absolute Gasteiger partial charge is 0.123 e. The van der Waals surface area contributed by atoms with Crippen molar-refractivity contribution in [2.45, 2.75) is 11.3 Å². The van der Waals surface area contributed by atoms with Crippen LogP contribution in [0.15, 0.2) is 89.1 Å². The van der Waals surface area contributed by atoms with Gasteiger partial charge in [0.1, 0.15) is 5.82 Å². The lowest BCUT2D eigenvalue weighted by Crippen LogP contribution is -1.85. The van der Waals surface area contributed by atoms with Crippen LogP contribution in [-0.4, -0.2) is 22.3 Å². The molecule has 0 fully saturated rings. The van der Waals surface area contributed by atoms with Crippen molar-refractivity contribution in [1.82, 2.24) is 9.97 Å². The van der Waals surface area contributed by atoms with Gasteiger partial charge < -0.3 is 4.98 Å². The lowest BCUT2D eigenvalue weighted by molar-refractivity contribution is 0.628. The van der Waals surface area contributed by atoms with Gasteiger partial charge in [0, 0.05) is 40.0 Å². The monoisotopic (exact) mass is 429 g/mol. The van der Waals surface area contributed by atoms with E-state index in [0.717, 1.165) is 45.8 Å². The number of azide groups is 1. The molecule has 2 aromatic carbocycles. The number of thioether (sulfide) groups is 1. The summed E-state index contributed by atoms with van der Waals surface area (Å²) in [6.45, 7) is 0.522. The average Bonchev–Trinajstić information content (AvgIpc) is 3.26. The highest BCUT2D eigenvalue weighted by Crippen LogP contribution is 2.36. The SMILES string of the molecule is [N-]=[N+]=NCCCSc1ccc(-c2cc(-c3ccncc3)c(-c3ccc(F)cc3)[nH]2)cc1. The first kappa shape index (κ1) is 20.7. The number of aromatic nitrogens is 2. The van der Waals surface area contributed by atoms with Crippen LogP contribution in [-0.2, 0) is 0 Å². The predicted molar refractivity (Wildman–Crippen MR) is 124 cm³/mol. The molecule has 0 radical (unpaired) electrons. The summed E-state index contributed by atoms with van der Waals surface area (Å²) in [6, 6.07) is 20.9. The first-order valence-corrected chi connectivity index (χ1v) is 10.9. The number of aromatic amines is 1. The van der Waals surface area contributed by atoms with Gasteiger partial charge in [-0.25, -0.2) is 4.39 Å². The lowest BCUT2D eigenvalue weighted by atomic mass is 10.0. The third-order valence-electron chi connectivity index (χ3n) is 4.84. The molecule has 4 rings (SSSR count). The quantitative estimate of drug-likeness (QED) is 0.105. The summed E-state index contributed by atoms with van der Waals surface area (Å²) in [4.78, 5) is 11.6. The summed E-state index contributed by atoms with van der Waals surface area (Å²) < 4.78 is 13.4. The largest absolute Gasteiger partial charge is 0.354 e. The molecule has 0 amide bonds. The number of nitrogens with zero attached hydrogens (tertiary/aromatic N) is 4. The minimum absolute atomic E-state index is 0.256. The molecule has 0 spiro atoms. The fraction of sp³-hybridized carbons (Fsp3) is 0.125. The van der Waals surface area contributed by atoms with Crippen LogP contribution in [0.5, 0.6) is 0 Å². The van der Waals surface area contributed by atoms with Crippen LogP contribution in [0.4, 0.5) is 4.39 Å². The molecule has 0 aliphatic rings. The molecule has 0 bridgehead atoms. The van der Waals surface area contributed by atoms with Crippen molar-refractivity contribution in [3.8, 4) is 33.6 Å². The minimum atomic E-state index is -0.256. The summed E-state index contributed by atoms with van der Waals surface area (Å²) >= 11 is 1.74. The van der Waals surface area contributed by atoms with Crippen molar-refractivity contribution in [3.63, 3.8) is 0 Å². The first-order valence-electron chi connectivity index (χ1n) is 9.88. The number of halogens is 1. The second-order valence-corrected chi connectivity index (χ2v) is 8.06. The minimum Gasteiger partial charge on any atom is -0.354 e. The maximum atomic E-state index is 13.4. The summed E-state index contributed by atoms with van der Waals surface area (Å²) in [5.41, 5.74) is 14.3. The molecule has 0 saturated carbocycles. The molecule has 1 N–H and O–H groups in total. The van der Waals surface area contributed by atoms with Gasteiger partial charge in [-0.1, -0.05) is 17.2 Å². The molecule has 0 saturated heterocycles. The van der Waals surface area contributed by atoms with E-state index in [4.69, 9.17) is 5.53 Å². The lowest BCUT2D eigenvalue weighted by Gasteiger charge is -2.04. The van der Waals surface area contributed by atoms with E-state index in [-0.39, 0.29) is 5.82 Å². The Hall–Kier alpha value is -3.54. The Labute approximate surface area is 184 Å². The molecule has 5 nitrogen and oxygen atoms in total. The molecule has 0 aliphatic heterocycles. The Morgan fingerprint density at radius 3 is 2.35 bits per heavy atom. The molecule has 2 heterocycles. The molecule has 0 aliphatic carbocycles. The maximum Gasteiger partial charge on any atom is 0.123 e. The van der Waals surface area contributed by atoms with Gasteiger partial charge in [-0.3, -0.25) is 4.98 Å². The van der Waals surface area contributed by atoms with E-state index in [2.05, 4.69) is 50.3 Å². The molecule has 2 aromatic heterocycles. The van der Waals surface area contributed by atoms with E-state index in [1.807, 2.05) is 12.1 Å². The van der Waals surface area contributed by atoms with E-state index in [1.165, 1.54) is 17.0 Å². The summed E-state index contributed by atoms with van der Waals surface area (Å²) in [6.07, 6.45) is 4.39. The summed E-state index contributed by atoms with van der Waals surface area (Å²) in [7, 11) is 0. The molecule has 0 atom stereocenters. The fourth-order valence-electron chi connectivity index (χ4n) is 3.31. The number of benzene rings is 2. The van der Waals surface area contributed by atoms with Crippen molar-refractivity contribution in [1.29, 1.82) is 0 Å². The van der Waals surface area contributed by atoms with Gasteiger partial charge in [0.15, 0.2) is 0 Å². The third kappa shape index (κ3) is 5.15. The Balaban J connectivity index is 1.61. The topological polar surface area (TPSA) is 77.4 Å². The normalized spacial score (nSPS) is 10.6. The molecular formula is C24H20FN5S. The van der Waals surface area contributed by atoms with E-state index < -0.39 is 0 Å². The van der Waals surface area contributed by atoms with Crippen molar-refractivity contribution < 1.29 is 4.39 Å². The Morgan fingerprint density at radius 1 is 0.935 bits per heavy atom. The zero-order chi connectivity index (χ0) is 21.5. The molecule has 31 heavy (non-hydrogen) atoms. The van der Waals surface area contributed by atoms with Gasteiger partial charge in [-0.05, 0) is 89.0 Å². The zero-order valence-electron chi connectivity index (χ0n) is 16.7. The van der Waals surface area contributed by atoms with Crippen molar-refractivity contribution in [2.75, 3.05) is 12.3 Å². The van der Waals surface area contributed by atoms with Crippen molar-refractivity contribution in [3.05, 3.63) is 95.4 Å². The van der Waals surface area contributed by atoms with E-state index in [9.17, 15) is 4.39 Å². The van der Waals surface area contributed by atoms with E-state index >= 15 is 0 Å². The number of rotatable bonds is 8. The standard InChI is InChI=1S/C24H20FN5S/c25-20-6-2-19(3-7-20)24-22(17-10-13-27-14-11-17)16-23(29-24)18-4-8-21(9-5-18)31-15-1-12-28-30-26/h2-11,13-14,16,29H,1,12,15H2. The van der Waals surface area contributed by atoms with Gasteiger partial charge in [0.05, 0.1) is 5.69 Å². The Bertz CT molecular complexity index is 1180. The molecular weight excluding hydrogens is 409 g/mol. The maximum absolute atomic E-state index is 13.4. The highest BCUT2D eigenvalue weighted by atomic mass is 32.2. The second-order valence-electron chi connectivity index (χ2n) is 6.90. The van der Waals surface area contributed by atoms with E-state index in [0.29, 0.717) is 6.54 Å². The van der Waals surface area contributed by atoms with Crippen molar-refractivity contribution in [2.24, 2.45) is 5.11 Å². The number of H-pyrrole nitrogens is 1. The van der Waals surface area contributed by atoms with Crippen LogP contribution in [0.1, 0.15) is 6.42 Å². The fourth-order valence-corrected chi connectivity index (χ4v) is 4.15. The van der Waals surface area contributed by atoms with E-state index in [1.54, 1.807) is 36.3 Å². The Morgan fingerprint density at radius 2 is 1.65 bits per heavy atom. The second kappa shape index (κ2) is 9.98. The van der Waals surface area contributed by atoms with Crippen molar-refractivity contribution >= 4 is 11.8 Å². The van der Waals surface area contributed by atoms with Gasteiger partial charge in [-0.15, -0.1) is 11.8 Å². The summed E-state index contributed by atoms with van der Waals surface area (Å²) in [5, 5.41) is 3.56.